The van der Waals surface area contributed by atoms with E-state index in [1.54, 1.807) is 13.3 Å². The van der Waals surface area contributed by atoms with Gasteiger partial charge in [-0.3, -0.25) is 4.98 Å². The predicted molar refractivity (Wildman–Crippen MR) is 133 cm³/mol. The van der Waals surface area contributed by atoms with E-state index < -0.39 is 0 Å². The summed E-state index contributed by atoms with van der Waals surface area (Å²) >= 11 is 5.87. The first-order chi connectivity index (χ1) is 16.7. The van der Waals surface area contributed by atoms with E-state index in [0.717, 1.165) is 34.3 Å². The number of benzene rings is 2. The fraction of sp³-hybridized carbons (Fsp3) is 0.154. The number of hydrogen-bond donors (Lipinski definition) is 1. The van der Waals surface area contributed by atoms with Crippen LogP contribution >= 0.6 is 12.2 Å². The average Bonchev–Trinajstić information content (AvgIpc) is 3.62. The number of hydrogen-bond acceptors (Lipinski definition) is 5. The number of aromatic nitrogens is 2. The Morgan fingerprint density at radius 1 is 1.00 bits per heavy atom. The van der Waals surface area contributed by atoms with Gasteiger partial charge in [-0.25, -0.2) is 0 Å². The molecule has 2 aromatic carbocycles. The minimum atomic E-state index is -0.178. The fourth-order valence-corrected chi connectivity index (χ4v) is 5.00. The van der Waals surface area contributed by atoms with Crippen LogP contribution in [0.4, 0.5) is 5.69 Å². The van der Waals surface area contributed by atoms with E-state index in [1.807, 2.05) is 72.9 Å². The Bertz CT molecular complexity index is 1360. The largest absolute Gasteiger partial charge is 0.495 e. The van der Waals surface area contributed by atoms with Crippen LogP contribution in [0.15, 0.2) is 85.2 Å². The predicted octanol–water partition coefficient (Wildman–Crippen LogP) is 4.79. The summed E-state index contributed by atoms with van der Waals surface area (Å²) in [4.78, 5) is 6.77. The molecule has 0 bridgehead atoms. The van der Waals surface area contributed by atoms with Gasteiger partial charge in [-0.15, -0.1) is 0 Å². The van der Waals surface area contributed by atoms with Crippen LogP contribution in [-0.4, -0.2) is 28.6 Å². The molecule has 0 amide bonds. The second-order valence-corrected chi connectivity index (χ2v) is 8.40. The molecule has 2 aromatic heterocycles. The summed E-state index contributed by atoms with van der Waals surface area (Å²) in [6.07, 6.45) is 3.85. The number of pyridine rings is 1. The maximum absolute atomic E-state index is 5.87. The van der Waals surface area contributed by atoms with E-state index in [1.165, 1.54) is 0 Å². The van der Waals surface area contributed by atoms with Crippen molar-refractivity contribution in [1.29, 1.82) is 0 Å². The summed E-state index contributed by atoms with van der Waals surface area (Å²) in [7, 11) is 1.68. The monoisotopic (exact) mass is 470 g/mol. The lowest BCUT2D eigenvalue weighted by Gasteiger charge is -2.29. The highest BCUT2D eigenvalue weighted by molar-refractivity contribution is 7.80. The van der Waals surface area contributed by atoms with Gasteiger partial charge < -0.3 is 29.0 Å². The van der Waals surface area contributed by atoms with Crippen LogP contribution < -0.4 is 24.4 Å². The normalized spacial score (nSPS) is 18.7. The maximum Gasteiger partial charge on any atom is 0.231 e. The average molecular weight is 471 g/mol. The molecule has 4 heterocycles. The van der Waals surface area contributed by atoms with Crippen LogP contribution in [0.2, 0.25) is 0 Å². The number of anilines is 1. The third-order valence-electron chi connectivity index (χ3n) is 6.16. The van der Waals surface area contributed by atoms with Gasteiger partial charge in [0.1, 0.15) is 11.8 Å². The Morgan fingerprint density at radius 3 is 2.71 bits per heavy atom. The highest BCUT2D eigenvalue weighted by atomic mass is 32.1. The smallest absolute Gasteiger partial charge is 0.231 e. The molecule has 6 rings (SSSR count). The molecule has 0 unspecified atom stereocenters. The van der Waals surface area contributed by atoms with Gasteiger partial charge in [-0.05, 0) is 60.7 Å². The van der Waals surface area contributed by atoms with Crippen LogP contribution in [0.1, 0.15) is 23.5 Å². The lowest BCUT2D eigenvalue weighted by Crippen LogP contribution is -2.30. The number of nitrogens with one attached hydrogen (secondary N) is 1. The zero-order chi connectivity index (χ0) is 23.1. The summed E-state index contributed by atoms with van der Waals surface area (Å²) in [6, 6.07) is 23.6. The van der Waals surface area contributed by atoms with Crippen LogP contribution in [0.3, 0.4) is 0 Å². The second kappa shape index (κ2) is 8.39. The Labute approximate surface area is 202 Å². The minimum Gasteiger partial charge on any atom is -0.495 e. The quantitative estimate of drug-likeness (QED) is 0.421. The number of para-hydroxylation sites is 2. The van der Waals surface area contributed by atoms with Crippen molar-refractivity contribution in [3.05, 3.63) is 96.6 Å². The molecule has 170 valence electrons. The zero-order valence-corrected chi connectivity index (χ0v) is 19.2. The first-order valence-electron chi connectivity index (χ1n) is 11.0. The molecular formula is C26H22N4O3S. The van der Waals surface area contributed by atoms with E-state index in [-0.39, 0.29) is 18.9 Å². The molecule has 34 heavy (non-hydrogen) atoms. The summed E-state index contributed by atoms with van der Waals surface area (Å²) in [6.45, 7) is 0.220. The second-order valence-electron chi connectivity index (χ2n) is 8.01. The van der Waals surface area contributed by atoms with Gasteiger partial charge in [-0.2, -0.15) is 0 Å². The molecule has 7 nitrogen and oxygen atoms in total. The Balaban J connectivity index is 1.52. The van der Waals surface area contributed by atoms with Crippen LogP contribution in [0.5, 0.6) is 17.2 Å². The molecule has 4 aromatic rings. The van der Waals surface area contributed by atoms with Crippen molar-refractivity contribution in [3.8, 4) is 22.9 Å². The van der Waals surface area contributed by atoms with Crippen molar-refractivity contribution in [2.24, 2.45) is 0 Å². The van der Waals surface area contributed by atoms with E-state index >= 15 is 0 Å². The molecule has 0 saturated carbocycles. The Kier molecular flexibility index (Phi) is 5.07. The summed E-state index contributed by atoms with van der Waals surface area (Å²) in [5.41, 5.74) is 3.82. The number of thiocarbonyl (C=S) groups is 1. The first-order valence-corrected chi connectivity index (χ1v) is 11.4. The number of fused-ring (bicyclic) bond motifs is 1. The topological polar surface area (TPSA) is 60.8 Å². The molecule has 1 N–H and O–H groups in total. The van der Waals surface area contributed by atoms with Gasteiger partial charge in [0, 0.05) is 29.8 Å². The fourth-order valence-electron chi connectivity index (χ4n) is 4.65. The van der Waals surface area contributed by atoms with E-state index in [4.69, 9.17) is 26.4 Å². The SMILES string of the molecule is COc1ccccc1-n1cccc1[C@@H]1[C@H](c2ccccn2)NC(=S)N1c1ccc2c(c1)OCO2. The van der Waals surface area contributed by atoms with Crippen LogP contribution in [0.25, 0.3) is 5.69 Å². The molecule has 1 saturated heterocycles. The minimum absolute atomic E-state index is 0.164. The third-order valence-corrected chi connectivity index (χ3v) is 6.48. The van der Waals surface area contributed by atoms with Crippen molar-refractivity contribution in [3.63, 3.8) is 0 Å². The van der Waals surface area contributed by atoms with Crippen molar-refractivity contribution >= 4 is 23.0 Å². The third kappa shape index (κ3) is 3.34. The molecular weight excluding hydrogens is 448 g/mol. The Morgan fingerprint density at radius 2 is 1.85 bits per heavy atom. The van der Waals surface area contributed by atoms with Gasteiger partial charge in [0.25, 0.3) is 0 Å². The van der Waals surface area contributed by atoms with E-state index in [2.05, 4.69) is 25.8 Å². The Hall–Kier alpha value is -4.04. The molecule has 0 spiro atoms. The van der Waals surface area contributed by atoms with Gasteiger partial charge in [0.15, 0.2) is 16.6 Å². The van der Waals surface area contributed by atoms with E-state index in [9.17, 15) is 0 Å². The molecule has 0 aliphatic carbocycles. The highest BCUT2D eigenvalue weighted by Crippen LogP contribution is 2.45. The van der Waals surface area contributed by atoms with Crippen molar-refractivity contribution in [2.75, 3.05) is 18.8 Å². The molecule has 1 fully saturated rings. The summed E-state index contributed by atoms with van der Waals surface area (Å²) in [5.74, 6) is 2.23. The lowest BCUT2D eigenvalue weighted by atomic mass is 10.0. The summed E-state index contributed by atoms with van der Waals surface area (Å²) in [5, 5.41) is 4.13. The maximum atomic E-state index is 5.87. The molecule has 2 aliphatic rings. The zero-order valence-electron chi connectivity index (χ0n) is 18.4. The standard InChI is InChI=1S/C26H22N4O3S/c1-31-21-10-3-2-8-19(21)29-14-6-9-20(29)25-24(18-7-4-5-13-27-18)28-26(34)30(25)17-11-12-22-23(15-17)33-16-32-22/h2-15,24-25H,16H2,1H3,(H,28,34)/t24-,25+/m0/s1. The molecule has 2 atom stereocenters. The molecule has 0 radical (unpaired) electrons. The molecule has 8 heteroatoms. The van der Waals surface area contributed by atoms with E-state index in [0.29, 0.717) is 10.9 Å². The van der Waals surface area contributed by atoms with Gasteiger partial charge >= 0.3 is 0 Å². The lowest BCUT2D eigenvalue weighted by molar-refractivity contribution is 0.174. The van der Waals surface area contributed by atoms with Gasteiger partial charge in [0.05, 0.1) is 24.5 Å². The number of rotatable bonds is 5. The first kappa shape index (κ1) is 20.6. The van der Waals surface area contributed by atoms with Gasteiger partial charge in [-0.1, -0.05) is 18.2 Å². The van der Waals surface area contributed by atoms with Crippen LogP contribution in [-0.2, 0) is 0 Å². The number of ether oxygens (including phenoxy) is 3. The summed E-state index contributed by atoms with van der Waals surface area (Å²) < 4.78 is 19.0. The number of nitrogens with zero attached hydrogens (tertiary/aromatic N) is 3. The highest BCUT2D eigenvalue weighted by Gasteiger charge is 2.42. The molecule has 2 aliphatic heterocycles. The van der Waals surface area contributed by atoms with Crippen molar-refractivity contribution in [2.45, 2.75) is 12.1 Å². The van der Waals surface area contributed by atoms with Crippen molar-refractivity contribution < 1.29 is 14.2 Å². The number of methoxy groups -OCH3 is 1. The van der Waals surface area contributed by atoms with Crippen molar-refractivity contribution in [1.82, 2.24) is 14.9 Å². The van der Waals surface area contributed by atoms with Gasteiger partial charge in [0.2, 0.25) is 6.79 Å². The van der Waals surface area contributed by atoms with Crippen LogP contribution in [0, 0.1) is 0 Å².